The molecule has 0 aromatic heterocycles. The predicted octanol–water partition coefficient (Wildman–Crippen LogP) is 8.25. The molecule has 0 heterocycles. The summed E-state index contributed by atoms with van der Waals surface area (Å²) in [7, 11) is -0.226. The van der Waals surface area contributed by atoms with Gasteiger partial charge in [-0.15, -0.1) is 0 Å². The zero-order valence-corrected chi connectivity index (χ0v) is 72.8. The summed E-state index contributed by atoms with van der Waals surface area (Å²) in [4.78, 5) is 93.0. The number of nitro groups is 2. The fraction of sp³-hybridized carbons (Fsp3) is 0.444. The maximum atomic E-state index is 13.2. The number of methoxy groups -OCH3 is 4. The second-order valence-corrected chi connectivity index (χ2v) is 28.9. The first-order valence-electron chi connectivity index (χ1n) is 38.0. The molecule has 0 aliphatic rings. The maximum absolute atomic E-state index is 13.2. The van der Waals surface area contributed by atoms with E-state index in [1.807, 2.05) is 86.8 Å². The Bertz CT molecular complexity index is 4550. The summed E-state index contributed by atoms with van der Waals surface area (Å²) < 4.78 is 185. The van der Waals surface area contributed by atoms with Gasteiger partial charge in [-0.25, -0.2) is 0 Å². The Morgan fingerprint density at radius 3 is 1.40 bits per heavy atom. The molecule has 6 aromatic rings. The van der Waals surface area contributed by atoms with Crippen LogP contribution < -0.4 is 56.5 Å². The summed E-state index contributed by atoms with van der Waals surface area (Å²) in [5.41, 5.74) is 11.9. The molecule has 6 atom stereocenters. The van der Waals surface area contributed by atoms with Crippen molar-refractivity contribution in [3.05, 3.63) is 217 Å². The van der Waals surface area contributed by atoms with E-state index in [4.69, 9.17) is 21.5 Å². The number of nitrogens with zero attached hydrogens (tertiary/aromatic N) is 4. The van der Waals surface area contributed by atoms with E-state index >= 15 is 0 Å². The second-order valence-electron chi connectivity index (χ2n) is 27.3. The van der Waals surface area contributed by atoms with Gasteiger partial charge in [-0.3, -0.25) is 63.8 Å². The molecule has 0 aliphatic heterocycles. The number of halogens is 12. The molecule has 48 heteroatoms. The number of carbonyl (C=O) groups excluding carboxylic acids is 6. The summed E-state index contributed by atoms with van der Waals surface area (Å²) in [5, 5.41) is 75.5. The number of likely N-dealkylation sites (N-methyl/N-ethyl adjacent to an activating group) is 1. The number of hydrogen-bond donors (Lipinski definition) is 10. The molecule has 712 valence electrons. The molecular weight excluding hydrogens is 1750 g/mol. The number of ether oxygens (including phenoxy) is 4. The SMILES string of the molecule is C.CB(O)O.CCC[C@@H](Cc1cccc(N(C)C(=O)C(C#N)=CC(C)C)c1)C(=O)N[C@@H](Cc1ccccc1)B(O)O.CCOS(=O)(=O)C(F)(F)F.CNc1cccc(C[C@@H](NCC(F)(F)F)C(=O)OC)c1.COC(=O)[C@@H](Cc1cccc([N+](=O)[O-])c1)NCC(F)(F)F.COC(=O)[C@@H](N)Cc1cccc([N+](=O)[O-])c1.COC(=O)[C@H](CCC(F)(F)F)Cc1cccc(N)c1.[Li+].[OH-]. The molecule has 0 radical (unpaired) electrons. The Balaban J connectivity index is -0.000000744. The van der Waals surface area contributed by atoms with Crippen LogP contribution in [0.2, 0.25) is 6.82 Å². The number of rotatable bonds is 35. The van der Waals surface area contributed by atoms with E-state index in [2.05, 4.69) is 39.1 Å². The third-order valence-corrected chi connectivity index (χ3v) is 17.7. The first-order valence-corrected chi connectivity index (χ1v) is 39.4. The number of nitro benzene ring substituents is 2. The van der Waals surface area contributed by atoms with Crippen LogP contribution in [0.25, 0.3) is 0 Å². The second kappa shape index (κ2) is 63.3. The molecule has 0 bridgehead atoms. The van der Waals surface area contributed by atoms with Crippen molar-refractivity contribution >= 4 is 88.5 Å². The van der Waals surface area contributed by atoms with Gasteiger partial charge in [0.15, 0.2) is 0 Å². The van der Waals surface area contributed by atoms with Crippen LogP contribution in [0.1, 0.15) is 94.2 Å². The first kappa shape index (κ1) is 125. The Morgan fingerprint density at radius 2 is 1.01 bits per heavy atom. The monoisotopic (exact) mass is 1860 g/mol. The van der Waals surface area contributed by atoms with Crippen molar-refractivity contribution in [1.82, 2.24) is 16.0 Å². The topological polar surface area (TPSA) is 507 Å². The molecule has 2 amide bonds. The number of alkyl halides is 12. The van der Waals surface area contributed by atoms with Gasteiger partial charge >= 0.3 is 91.1 Å². The smallest absolute Gasteiger partial charge is 0.870 e. The van der Waals surface area contributed by atoms with Crippen molar-refractivity contribution in [2.45, 2.75) is 154 Å². The molecule has 0 spiro atoms. The van der Waals surface area contributed by atoms with E-state index in [0.29, 0.717) is 41.8 Å². The van der Waals surface area contributed by atoms with Crippen LogP contribution in [0.15, 0.2) is 163 Å². The molecule has 0 unspecified atom stereocenters. The summed E-state index contributed by atoms with van der Waals surface area (Å²) in [6, 6.07) is 40.8. The van der Waals surface area contributed by atoms with Gasteiger partial charge in [-0.2, -0.15) is 66.4 Å². The van der Waals surface area contributed by atoms with Crippen LogP contribution in [-0.4, -0.2) is 204 Å². The average molecular weight is 1860 g/mol. The van der Waals surface area contributed by atoms with Crippen molar-refractivity contribution in [2.75, 3.05) is 78.2 Å². The van der Waals surface area contributed by atoms with E-state index in [1.54, 1.807) is 80.8 Å². The third kappa shape index (κ3) is 54.4. The molecule has 32 nitrogen and oxygen atoms in total. The van der Waals surface area contributed by atoms with Crippen LogP contribution in [-0.2, 0) is 101 Å². The summed E-state index contributed by atoms with van der Waals surface area (Å²) in [5.74, 6) is -5.33. The summed E-state index contributed by atoms with van der Waals surface area (Å²) in [6.07, 6.45) is -10.3. The molecule has 0 saturated heterocycles. The first-order chi connectivity index (χ1) is 58.6. The number of allylic oxidation sites excluding steroid dienone is 1. The normalized spacial score (nSPS) is 12.4. The molecule has 6 rings (SSSR count). The van der Waals surface area contributed by atoms with Gasteiger partial charge in [0.1, 0.15) is 29.8 Å². The minimum atomic E-state index is -5.35. The number of nitrogen functional groups attached to an aromatic ring is 1. The summed E-state index contributed by atoms with van der Waals surface area (Å²) in [6.45, 7) is 5.13. The third-order valence-electron chi connectivity index (χ3n) is 16.6. The molecule has 0 saturated carbocycles. The molecular formula is C81H109B2F12LiN10O22S. The van der Waals surface area contributed by atoms with Gasteiger partial charge in [-0.1, -0.05) is 132 Å². The quantitative estimate of drug-likeness (QED) is 0.00153. The van der Waals surface area contributed by atoms with Crippen molar-refractivity contribution in [2.24, 2.45) is 23.5 Å². The fourth-order valence-corrected chi connectivity index (χ4v) is 11.2. The van der Waals surface area contributed by atoms with E-state index in [-0.39, 0.29) is 104 Å². The number of amides is 2. The van der Waals surface area contributed by atoms with Crippen LogP contribution in [0, 0.1) is 49.3 Å². The van der Waals surface area contributed by atoms with Crippen molar-refractivity contribution in [3.63, 3.8) is 0 Å². The number of carbonyl (C=O) groups is 6. The predicted molar refractivity (Wildman–Crippen MR) is 452 cm³/mol. The zero-order valence-electron chi connectivity index (χ0n) is 72.0. The van der Waals surface area contributed by atoms with E-state index in [9.17, 15) is 125 Å². The number of non-ortho nitro benzene ring substituents is 2. The Labute approximate surface area is 752 Å². The number of esters is 4. The van der Waals surface area contributed by atoms with E-state index in [1.165, 1.54) is 62.3 Å². The molecule has 6 aromatic carbocycles. The van der Waals surface area contributed by atoms with Crippen LogP contribution in [0.3, 0.4) is 0 Å². The molecule has 0 fully saturated rings. The minimum absolute atomic E-state index is 0. The van der Waals surface area contributed by atoms with Crippen LogP contribution >= 0.6 is 0 Å². The van der Waals surface area contributed by atoms with Crippen molar-refractivity contribution in [3.8, 4) is 6.07 Å². The molecule has 129 heavy (non-hydrogen) atoms. The molecule has 13 N–H and O–H groups in total. The fourth-order valence-electron chi connectivity index (χ4n) is 10.7. The van der Waals surface area contributed by atoms with Gasteiger partial charge in [0.05, 0.1) is 69.8 Å². The van der Waals surface area contributed by atoms with Gasteiger partial charge in [0, 0.05) is 67.8 Å². The number of nitrogens with one attached hydrogen (secondary N) is 4. The maximum Gasteiger partial charge on any atom is 1.00 e. The van der Waals surface area contributed by atoms with Gasteiger partial charge in [0.25, 0.3) is 17.3 Å². The average Bonchev–Trinajstić information content (AvgIpc) is 0.847. The standard InChI is InChI=1S/C28H36BN3O4.C13H17F3N2O2.C13H16F3NO2.C12H13F3N2O4.C10H12N2O4.C3H5F3O3S.CH5BO2.CH4.Li.H2O/c1-5-10-23(27(33)31-26(29(35)36)18-21-11-7-6-8-12-21)16-22-13-9-14-25(17-22)32(4)28(34)24(19-30)15-20(2)3;1-17-10-5-3-4-9(6-10)7-11(12(19)20-2)18-8-13(14,15)16;1-19-12(18)10(5-6-13(14,15)16)7-9-3-2-4-11(17)8-9;1-21-11(18)10(16-7-12(13,14)15)6-8-3-2-4-9(5-8)17(19)20;1-16-10(13)9(11)6-7-3-2-4-8(5-7)12(14)15;1-2-9-10(7,8)3(4,5)6;1-2(3)4;;;/h6-9,11-15,17,20,23,26,35-36H,5,10,16,18H2,1-4H3,(H,31,33);3-6,11,17-18H,7-8H2,1-2H3;2-4,8,10H,5-7,17H2,1H3;2-5,10,16H,6-7H2,1H3;2-5,9H,6,11H2,1H3;2H2,1H3;3-4H,1H3;1H4;;1H2/q;;;;;;;;+1;/p-1/t23-,26-;11-;2*10-;9-;;;;;/m01110...../s1. The number of benzene rings is 6. The van der Waals surface area contributed by atoms with E-state index < -0.39 is 138 Å². The van der Waals surface area contributed by atoms with Crippen molar-refractivity contribution in [1.29, 1.82) is 5.26 Å². The number of hydrogen-bond acceptors (Lipinski definition) is 28. The minimum Gasteiger partial charge on any atom is -0.870 e. The zero-order chi connectivity index (χ0) is 96.5. The Kier molecular flexibility index (Phi) is 61.1. The van der Waals surface area contributed by atoms with Gasteiger partial charge in [0.2, 0.25) is 5.91 Å². The van der Waals surface area contributed by atoms with Gasteiger partial charge in [-0.05, 0) is 141 Å². The Hall–Kier alpha value is -10.8. The number of nitrogens with two attached hydrogens (primary N) is 2. The Morgan fingerprint density at radius 1 is 0.589 bits per heavy atom. The van der Waals surface area contributed by atoms with Gasteiger partial charge < -0.3 is 71.5 Å². The molecule has 0 aliphatic carbocycles. The number of nitriles is 1. The number of anilines is 3. The van der Waals surface area contributed by atoms with E-state index in [0.717, 1.165) is 55.5 Å². The van der Waals surface area contributed by atoms with Crippen LogP contribution in [0.5, 0.6) is 0 Å². The van der Waals surface area contributed by atoms with Crippen molar-refractivity contribution < 1.29 is 167 Å². The van der Waals surface area contributed by atoms with Crippen LogP contribution in [0.4, 0.5) is 81.1 Å². The summed E-state index contributed by atoms with van der Waals surface area (Å²) >= 11 is 0. The largest absolute Gasteiger partial charge is 1.00 e.